The van der Waals surface area contributed by atoms with Gasteiger partial charge in [-0.25, -0.2) is 0 Å². The Morgan fingerprint density at radius 1 is 1.09 bits per heavy atom. The Kier molecular flexibility index (Phi) is 6.53. The van der Waals surface area contributed by atoms with Crippen LogP contribution in [0.4, 0.5) is 0 Å². The number of amides is 1. The quantitative estimate of drug-likeness (QED) is 0.355. The number of aryl methyl sites for hydroxylation is 4. The molecule has 2 N–H and O–H groups in total. The number of ether oxygens (including phenoxy) is 1. The van der Waals surface area contributed by atoms with Crippen molar-refractivity contribution in [3.8, 4) is 22.6 Å². The molecule has 34 heavy (non-hydrogen) atoms. The van der Waals surface area contributed by atoms with Gasteiger partial charge < -0.3 is 19.6 Å². The van der Waals surface area contributed by atoms with Crippen LogP contribution in [0.2, 0.25) is 5.02 Å². The number of aromatic amines is 1. The monoisotopic (exact) mass is 477 g/mol. The second kappa shape index (κ2) is 9.39. The van der Waals surface area contributed by atoms with Gasteiger partial charge in [-0.05, 0) is 79.8 Å². The number of hydrogen-bond donors (Lipinski definition) is 2. The molecule has 6 nitrogen and oxygen atoms in total. The Labute approximate surface area is 203 Å². The topological polar surface area (TPSA) is 76.1 Å². The van der Waals surface area contributed by atoms with Crippen molar-refractivity contribution in [2.75, 3.05) is 6.54 Å². The molecule has 0 fully saturated rings. The number of benzene rings is 2. The van der Waals surface area contributed by atoms with Gasteiger partial charge in [-0.15, -0.1) is 0 Å². The van der Waals surface area contributed by atoms with Gasteiger partial charge in [0.1, 0.15) is 22.7 Å². The molecule has 4 aromatic rings. The summed E-state index contributed by atoms with van der Waals surface area (Å²) in [6.45, 7) is 8.49. The first-order valence-electron chi connectivity index (χ1n) is 11.2. The van der Waals surface area contributed by atoms with Gasteiger partial charge in [0.25, 0.3) is 11.5 Å². The molecule has 0 spiro atoms. The van der Waals surface area contributed by atoms with Crippen molar-refractivity contribution < 1.29 is 9.53 Å². The number of fused-ring (bicyclic) bond motifs is 1. The Morgan fingerprint density at radius 3 is 2.47 bits per heavy atom. The summed E-state index contributed by atoms with van der Waals surface area (Å²) in [6.07, 6.45) is 2.63. The summed E-state index contributed by atoms with van der Waals surface area (Å²) in [5, 5.41) is 4.22. The fourth-order valence-electron chi connectivity index (χ4n) is 4.16. The van der Waals surface area contributed by atoms with E-state index in [-0.39, 0.29) is 11.5 Å². The van der Waals surface area contributed by atoms with Gasteiger partial charge in [-0.3, -0.25) is 9.59 Å². The average molecular weight is 478 g/mol. The Bertz CT molecular complexity index is 1440. The first-order valence-corrected chi connectivity index (χ1v) is 11.6. The van der Waals surface area contributed by atoms with Crippen LogP contribution in [0.5, 0.6) is 11.5 Å². The van der Waals surface area contributed by atoms with E-state index in [1.54, 1.807) is 19.3 Å². The zero-order valence-electron chi connectivity index (χ0n) is 20.0. The van der Waals surface area contributed by atoms with E-state index in [2.05, 4.69) is 10.3 Å². The molecular weight excluding hydrogens is 450 g/mol. The number of H-pyrrole nitrogens is 1. The second-order valence-electron chi connectivity index (χ2n) is 8.69. The van der Waals surface area contributed by atoms with Crippen LogP contribution in [0.25, 0.3) is 22.0 Å². The minimum atomic E-state index is -0.229. The van der Waals surface area contributed by atoms with Crippen molar-refractivity contribution in [3.05, 3.63) is 80.4 Å². The predicted octanol–water partition coefficient (Wildman–Crippen LogP) is 6.04. The lowest BCUT2D eigenvalue weighted by Crippen LogP contribution is -2.24. The lowest BCUT2D eigenvalue weighted by molar-refractivity contribution is 0.0949. The molecule has 0 aliphatic heterocycles. The van der Waals surface area contributed by atoms with Crippen molar-refractivity contribution in [1.29, 1.82) is 0 Å². The summed E-state index contributed by atoms with van der Waals surface area (Å²) in [5.41, 5.74) is 5.21. The third kappa shape index (κ3) is 4.59. The first kappa shape index (κ1) is 23.6. The van der Waals surface area contributed by atoms with Crippen LogP contribution in [0.15, 0.2) is 47.4 Å². The lowest BCUT2D eigenvalue weighted by Gasteiger charge is -2.15. The SMILES string of the molecule is CCCNC(=O)c1cc2c(-c3cc(C)cc(Oc4c(C)cc(Cl)cc4C)c3)cn(C)c(=O)c2[nH]1. The zero-order valence-corrected chi connectivity index (χ0v) is 20.8. The smallest absolute Gasteiger partial charge is 0.274 e. The number of halogens is 1. The van der Waals surface area contributed by atoms with E-state index in [0.717, 1.165) is 40.0 Å². The normalized spacial score (nSPS) is 11.1. The minimum Gasteiger partial charge on any atom is -0.457 e. The molecule has 0 bridgehead atoms. The molecule has 176 valence electrons. The van der Waals surface area contributed by atoms with Gasteiger partial charge in [0, 0.05) is 35.8 Å². The molecular formula is C27H28ClN3O3. The largest absolute Gasteiger partial charge is 0.457 e. The summed E-state index contributed by atoms with van der Waals surface area (Å²) in [5.74, 6) is 1.22. The number of hydrogen-bond acceptors (Lipinski definition) is 3. The third-order valence-corrected chi connectivity index (χ3v) is 5.97. The van der Waals surface area contributed by atoms with Crippen LogP contribution < -0.4 is 15.6 Å². The number of carbonyl (C=O) groups excluding carboxylic acids is 1. The van der Waals surface area contributed by atoms with Crippen molar-refractivity contribution >= 4 is 28.4 Å². The molecule has 2 aromatic heterocycles. The Balaban J connectivity index is 1.82. The summed E-state index contributed by atoms with van der Waals surface area (Å²) in [4.78, 5) is 28.4. The molecule has 1 amide bonds. The maximum absolute atomic E-state index is 12.8. The van der Waals surface area contributed by atoms with Gasteiger partial charge in [0.15, 0.2) is 0 Å². The van der Waals surface area contributed by atoms with Crippen molar-refractivity contribution in [3.63, 3.8) is 0 Å². The number of nitrogens with zero attached hydrogens (tertiary/aromatic N) is 1. The highest BCUT2D eigenvalue weighted by Gasteiger charge is 2.17. The lowest BCUT2D eigenvalue weighted by atomic mass is 10.0. The van der Waals surface area contributed by atoms with E-state index >= 15 is 0 Å². The molecule has 0 aliphatic carbocycles. The van der Waals surface area contributed by atoms with E-state index in [1.165, 1.54) is 4.57 Å². The molecule has 0 radical (unpaired) electrons. The van der Waals surface area contributed by atoms with E-state index in [1.807, 2.05) is 58.0 Å². The summed E-state index contributed by atoms with van der Waals surface area (Å²) < 4.78 is 7.82. The molecule has 0 saturated heterocycles. The molecule has 0 saturated carbocycles. The van der Waals surface area contributed by atoms with Gasteiger partial charge in [-0.1, -0.05) is 24.6 Å². The Hall–Kier alpha value is -3.51. The van der Waals surface area contributed by atoms with Gasteiger partial charge >= 0.3 is 0 Å². The van der Waals surface area contributed by atoms with Gasteiger partial charge in [-0.2, -0.15) is 0 Å². The number of carbonyl (C=O) groups is 1. The number of aromatic nitrogens is 2. The molecule has 0 aliphatic rings. The highest BCUT2D eigenvalue weighted by atomic mass is 35.5. The fraction of sp³-hybridized carbons (Fsp3) is 0.259. The molecule has 0 unspecified atom stereocenters. The summed E-state index contributed by atoms with van der Waals surface area (Å²) >= 11 is 6.18. The molecule has 4 rings (SSSR count). The van der Waals surface area contributed by atoms with Crippen LogP contribution >= 0.6 is 11.6 Å². The van der Waals surface area contributed by atoms with Crippen LogP contribution in [-0.2, 0) is 7.05 Å². The molecule has 2 aromatic carbocycles. The van der Waals surface area contributed by atoms with Crippen LogP contribution in [0.1, 0.15) is 40.5 Å². The standard InChI is InChI=1S/C27H28ClN3O3/c1-6-7-29-26(32)23-13-21-22(14-31(5)27(33)24(21)30-23)18-8-15(2)9-20(12-18)34-25-16(3)10-19(28)11-17(25)4/h8-14,30H,6-7H2,1-5H3,(H,29,32). The van der Waals surface area contributed by atoms with Crippen LogP contribution in [-0.4, -0.2) is 22.0 Å². The minimum absolute atomic E-state index is 0.190. The van der Waals surface area contributed by atoms with Crippen molar-refractivity contribution in [1.82, 2.24) is 14.9 Å². The fourth-order valence-corrected chi connectivity index (χ4v) is 4.49. The van der Waals surface area contributed by atoms with Crippen LogP contribution in [0, 0.1) is 20.8 Å². The van der Waals surface area contributed by atoms with E-state index in [4.69, 9.17) is 16.3 Å². The van der Waals surface area contributed by atoms with Crippen molar-refractivity contribution in [2.45, 2.75) is 34.1 Å². The van der Waals surface area contributed by atoms with Crippen molar-refractivity contribution in [2.24, 2.45) is 7.05 Å². The van der Waals surface area contributed by atoms with Crippen LogP contribution in [0.3, 0.4) is 0 Å². The second-order valence-corrected chi connectivity index (χ2v) is 9.13. The highest BCUT2D eigenvalue weighted by molar-refractivity contribution is 6.30. The zero-order chi connectivity index (χ0) is 24.6. The molecule has 0 atom stereocenters. The number of nitrogens with one attached hydrogen (secondary N) is 2. The highest BCUT2D eigenvalue weighted by Crippen LogP contribution is 2.35. The predicted molar refractivity (Wildman–Crippen MR) is 137 cm³/mol. The Morgan fingerprint density at radius 2 is 1.79 bits per heavy atom. The van der Waals surface area contributed by atoms with E-state index in [9.17, 15) is 9.59 Å². The third-order valence-electron chi connectivity index (χ3n) is 5.75. The average Bonchev–Trinajstić information content (AvgIpc) is 3.22. The van der Waals surface area contributed by atoms with Gasteiger partial charge in [0.05, 0.1) is 0 Å². The first-order chi connectivity index (χ1) is 16.2. The maximum Gasteiger partial charge on any atom is 0.274 e. The number of pyridine rings is 1. The van der Waals surface area contributed by atoms with Gasteiger partial charge in [0.2, 0.25) is 0 Å². The summed E-state index contributed by atoms with van der Waals surface area (Å²) in [7, 11) is 1.70. The molecule has 7 heteroatoms. The van der Waals surface area contributed by atoms with E-state index in [0.29, 0.717) is 33.9 Å². The maximum atomic E-state index is 12.8. The number of rotatable bonds is 6. The molecule has 2 heterocycles. The summed E-state index contributed by atoms with van der Waals surface area (Å²) in [6, 6.07) is 11.5. The van der Waals surface area contributed by atoms with E-state index < -0.39 is 0 Å².